The van der Waals surface area contributed by atoms with Crippen molar-refractivity contribution in [2.45, 2.75) is 44.7 Å². The Hall–Kier alpha value is -0.930. The molecule has 0 aliphatic carbocycles. The van der Waals surface area contributed by atoms with Gasteiger partial charge in [0.25, 0.3) is 0 Å². The smallest absolute Gasteiger partial charge is 0.123 e. The third-order valence-electron chi connectivity index (χ3n) is 4.18. The van der Waals surface area contributed by atoms with Crippen molar-refractivity contribution in [2.24, 2.45) is 0 Å². The lowest BCUT2D eigenvalue weighted by Gasteiger charge is -2.33. The van der Waals surface area contributed by atoms with E-state index in [1.807, 2.05) is 6.07 Å². The highest BCUT2D eigenvalue weighted by Gasteiger charge is 2.20. The predicted octanol–water partition coefficient (Wildman–Crippen LogP) is 3.35. The molecule has 0 amide bonds. The Morgan fingerprint density at radius 2 is 2.26 bits per heavy atom. The monoisotopic (exact) mass is 264 g/mol. The van der Waals surface area contributed by atoms with E-state index in [2.05, 4.69) is 24.2 Å². The molecule has 1 N–H and O–H groups in total. The Morgan fingerprint density at radius 3 is 2.95 bits per heavy atom. The van der Waals surface area contributed by atoms with Crippen LogP contribution in [0, 0.1) is 5.82 Å². The van der Waals surface area contributed by atoms with Gasteiger partial charge in [-0.15, -0.1) is 0 Å². The number of piperidine rings is 1. The van der Waals surface area contributed by atoms with E-state index in [-0.39, 0.29) is 11.9 Å². The van der Waals surface area contributed by atoms with Crippen molar-refractivity contribution in [3.05, 3.63) is 35.6 Å². The third-order valence-corrected chi connectivity index (χ3v) is 4.18. The number of likely N-dealkylation sites (N-methyl/N-ethyl adjacent to an activating group) is 1. The molecule has 19 heavy (non-hydrogen) atoms. The van der Waals surface area contributed by atoms with Crippen LogP contribution < -0.4 is 5.32 Å². The van der Waals surface area contributed by atoms with E-state index in [0.29, 0.717) is 6.04 Å². The van der Waals surface area contributed by atoms with Gasteiger partial charge in [-0.2, -0.15) is 0 Å². The first-order chi connectivity index (χ1) is 9.20. The van der Waals surface area contributed by atoms with E-state index in [1.165, 1.54) is 31.9 Å². The Bertz CT molecular complexity index is 394. The first-order valence-electron chi connectivity index (χ1n) is 7.39. The minimum absolute atomic E-state index is 0.146. The topological polar surface area (TPSA) is 15.3 Å². The number of likely N-dealkylation sites (tertiary alicyclic amines) is 1. The zero-order valence-electron chi connectivity index (χ0n) is 12.0. The first kappa shape index (κ1) is 14.5. The summed E-state index contributed by atoms with van der Waals surface area (Å²) in [6, 6.07) is 7.83. The minimum Gasteiger partial charge on any atom is -0.308 e. The second-order valence-electron chi connectivity index (χ2n) is 5.55. The van der Waals surface area contributed by atoms with Crippen molar-refractivity contribution >= 4 is 0 Å². The maximum Gasteiger partial charge on any atom is 0.123 e. The molecule has 1 aromatic rings. The molecule has 0 saturated carbocycles. The Labute approximate surface area is 116 Å². The molecule has 1 aliphatic heterocycles. The molecule has 2 rings (SSSR count). The van der Waals surface area contributed by atoms with E-state index in [4.69, 9.17) is 0 Å². The van der Waals surface area contributed by atoms with Crippen LogP contribution in [0.5, 0.6) is 0 Å². The quantitative estimate of drug-likeness (QED) is 0.877. The summed E-state index contributed by atoms with van der Waals surface area (Å²) in [6.07, 6.45) is 4.89. The van der Waals surface area contributed by atoms with Crippen LogP contribution in [0.15, 0.2) is 24.3 Å². The fourth-order valence-corrected chi connectivity index (χ4v) is 2.90. The van der Waals surface area contributed by atoms with Gasteiger partial charge in [0.15, 0.2) is 0 Å². The second kappa shape index (κ2) is 7.01. The van der Waals surface area contributed by atoms with Gasteiger partial charge in [0.1, 0.15) is 5.82 Å². The van der Waals surface area contributed by atoms with Crippen LogP contribution in [0.1, 0.15) is 44.2 Å². The van der Waals surface area contributed by atoms with Gasteiger partial charge in [-0.1, -0.05) is 25.5 Å². The summed E-state index contributed by atoms with van der Waals surface area (Å²) < 4.78 is 13.3. The summed E-state index contributed by atoms with van der Waals surface area (Å²) >= 11 is 0. The van der Waals surface area contributed by atoms with Crippen LogP contribution >= 0.6 is 0 Å². The van der Waals surface area contributed by atoms with Crippen LogP contribution in [0.3, 0.4) is 0 Å². The number of hydrogen-bond acceptors (Lipinski definition) is 2. The van der Waals surface area contributed by atoms with Gasteiger partial charge in [-0.3, -0.25) is 0 Å². The average molecular weight is 264 g/mol. The number of nitrogens with one attached hydrogen (secondary N) is 1. The highest BCUT2D eigenvalue weighted by Crippen LogP contribution is 2.19. The molecule has 2 atom stereocenters. The average Bonchev–Trinajstić information content (AvgIpc) is 2.41. The molecule has 1 fully saturated rings. The molecular formula is C16H25FN2. The molecular weight excluding hydrogens is 239 g/mol. The molecule has 2 nitrogen and oxygen atoms in total. The summed E-state index contributed by atoms with van der Waals surface area (Å²) in [4.78, 5) is 2.44. The fraction of sp³-hybridized carbons (Fsp3) is 0.625. The van der Waals surface area contributed by atoms with E-state index < -0.39 is 0 Å². The van der Waals surface area contributed by atoms with E-state index in [1.54, 1.807) is 12.1 Å². The summed E-state index contributed by atoms with van der Waals surface area (Å²) in [6.45, 7) is 4.34. The van der Waals surface area contributed by atoms with Crippen LogP contribution in [-0.2, 0) is 0 Å². The number of halogens is 1. The van der Waals surface area contributed by atoms with Crippen LogP contribution in [0.4, 0.5) is 4.39 Å². The molecule has 3 heteroatoms. The summed E-state index contributed by atoms with van der Waals surface area (Å²) in [5, 5.41) is 3.60. The van der Waals surface area contributed by atoms with Gasteiger partial charge >= 0.3 is 0 Å². The molecule has 0 spiro atoms. The normalized spacial score (nSPS) is 22.4. The van der Waals surface area contributed by atoms with Gasteiger partial charge in [-0.05, 0) is 50.6 Å². The highest BCUT2D eigenvalue weighted by molar-refractivity contribution is 5.20. The lowest BCUT2D eigenvalue weighted by atomic mass is 10.0. The lowest BCUT2D eigenvalue weighted by Crippen LogP contribution is -2.43. The number of nitrogens with zero attached hydrogens (tertiary/aromatic N) is 1. The second-order valence-corrected chi connectivity index (χ2v) is 5.55. The standard InChI is InChI=1S/C16H25FN2/c1-3-16(13-7-6-8-14(17)11-13)18-12-15-9-4-5-10-19(15)2/h6-8,11,15-16,18H,3-5,9-10,12H2,1-2H3. The van der Waals surface area contributed by atoms with Gasteiger partial charge in [0.05, 0.1) is 0 Å². The zero-order valence-corrected chi connectivity index (χ0v) is 12.0. The zero-order chi connectivity index (χ0) is 13.7. The van der Waals surface area contributed by atoms with Crippen LogP contribution in [0.25, 0.3) is 0 Å². The lowest BCUT2D eigenvalue weighted by molar-refractivity contribution is 0.177. The summed E-state index contributed by atoms with van der Waals surface area (Å²) in [5.41, 5.74) is 1.06. The van der Waals surface area contributed by atoms with Crippen molar-refractivity contribution in [1.82, 2.24) is 10.2 Å². The molecule has 1 aromatic carbocycles. The predicted molar refractivity (Wildman–Crippen MR) is 77.7 cm³/mol. The number of rotatable bonds is 5. The summed E-state index contributed by atoms with van der Waals surface area (Å²) in [5.74, 6) is -0.146. The van der Waals surface area contributed by atoms with E-state index >= 15 is 0 Å². The Kier molecular flexibility index (Phi) is 5.34. The molecule has 1 aliphatic rings. The maximum absolute atomic E-state index is 13.3. The van der Waals surface area contributed by atoms with E-state index in [9.17, 15) is 4.39 Å². The SMILES string of the molecule is CCC(NCC1CCCCN1C)c1cccc(F)c1. The Balaban J connectivity index is 1.92. The molecule has 1 heterocycles. The first-order valence-corrected chi connectivity index (χ1v) is 7.39. The van der Waals surface area contributed by atoms with Crippen molar-refractivity contribution in [1.29, 1.82) is 0 Å². The highest BCUT2D eigenvalue weighted by atomic mass is 19.1. The van der Waals surface area contributed by atoms with Crippen molar-refractivity contribution < 1.29 is 4.39 Å². The fourth-order valence-electron chi connectivity index (χ4n) is 2.90. The molecule has 0 bridgehead atoms. The molecule has 1 saturated heterocycles. The van der Waals surface area contributed by atoms with Gasteiger partial charge in [0.2, 0.25) is 0 Å². The van der Waals surface area contributed by atoms with Gasteiger partial charge in [0, 0.05) is 18.6 Å². The van der Waals surface area contributed by atoms with Crippen LogP contribution in [0.2, 0.25) is 0 Å². The van der Waals surface area contributed by atoms with Crippen LogP contribution in [-0.4, -0.2) is 31.1 Å². The third kappa shape index (κ3) is 4.02. The van der Waals surface area contributed by atoms with Crippen molar-refractivity contribution in [3.8, 4) is 0 Å². The van der Waals surface area contributed by atoms with Gasteiger partial charge < -0.3 is 10.2 Å². The maximum atomic E-state index is 13.3. The molecule has 106 valence electrons. The van der Waals surface area contributed by atoms with Gasteiger partial charge in [-0.25, -0.2) is 4.39 Å². The number of hydrogen-bond donors (Lipinski definition) is 1. The van der Waals surface area contributed by atoms with Crippen molar-refractivity contribution in [3.63, 3.8) is 0 Å². The molecule has 0 aromatic heterocycles. The largest absolute Gasteiger partial charge is 0.308 e. The Morgan fingerprint density at radius 1 is 1.42 bits per heavy atom. The molecule has 2 unspecified atom stereocenters. The summed E-state index contributed by atoms with van der Waals surface area (Å²) in [7, 11) is 2.20. The molecule has 0 radical (unpaired) electrons. The number of benzene rings is 1. The van der Waals surface area contributed by atoms with Crippen molar-refractivity contribution in [2.75, 3.05) is 20.1 Å². The van der Waals surface area contributed by atoms with E-state index in [0.717, 1.165) is 18.5 Å². The minimum atomic E-state index is -0.146.